The number of hydrogen-bond acceptors (Lipinski definition) is 2. The standard InChI is InChI=1S/C15H12S2/c16-15-13-9-5-4-8-12(13)14(10-17-15)11-6-2-1-3-7-11/h1-9,14H,10H2. The highest BCUT2D eigenvalue weighted by Crippen LogP contribution is 2.37. The summed E-state index contributed by atoms with van der Waals surface area (Å²) in [6.07, 6.45) is 0. The molecule has 0 radical (unpaired) electrons. The van der Waals surface area contributed by atoms with Crippen molar-refractivity contribution in [2.45, 2.75) is 5.92 Å². The summed E-state index contributed by atoms with van der Waals surface area (Å²) in [7, 11) is 0. The highest BCUT2D eigenvalue weighted by atomic mass is 32.2. The monoisotopic (exact) mass is 256 g/mol. The number of rotatable bonds is 1. The Hall–Kier alpha value is -1.12. The topological polar surface area (TPSA) is 0 Å². The third-order valence-corrected chi connectivity index (χ3v) is 4.69. The fourth-order valence-electron chi connectivity index (χ4n) is 2.27. The van der Waals surface area contributed by atoms with E-state index in [2.05, 4.69) is 54.6 Å². The summed E-state index contributed by atoms with van der Waals surface area (Å²) in [5, 5.41) is 0. The van der Waals surface area contributed by atoms with Crippen LogP contribution in [0, 0.1) is 0 Å². The van der Waals surface area contributed by atoms with E-state index in [9.17, 15) is 0 Å². The lowest BCUT2D eigenvalue weighted by atomic mass is 9.89. The first-order valence-electron chi connectivity index (χ1n) is 5.67. The summed E-state index contributed by atoms with van der Waals surface area (Å²) in [4.78, 5) is 0. The molecule has 0 N–H and O–H groups in total. The lowest BCUT2D eigenvalue weighted by Crippen LogP contribution is -2.15. The molecule has 1 aliphatic rings. The van der Waals surface area contributed by atoms with Crippen LogP contribution in [0.5, 0.6) is 0 Å². The van der Waals surface area contributed by atoms with Crippen LogP contribution in [-0.2, 0) is 0 Å². The summed E-state index contributed by atoms with van der Waals surface area (Å²) in [5.41, 5.74) is 4.00. The summed E-state index contributed by atoms with van der Waals surface area (Å²) < 4.78 is 1.03. The van der Waals surface area contributed by atoms with Crippen molar-refractivity contribution in [2.75, 3.05) is 5.75 Å². The normalized spacial score (nSPS) is 18.8. The Morgan fingerprint density at radius 3 is 2.47 bits per heavy atom. The number of thioether (sulfide) groups is 1. The largest absolute Gasteiger partial charge is 0.113 e. The maximum atomic E-state index is 5.43. The Labute approximate surface area is 111 Å². The van der Waals surface area contributed by atoms with Crippen molar-refractivity contribution >= 4 is 28.2 Å². The zero-order chi connectivity index (χ0) is 11.7. The van der Waals surface area contributed by atoms with Crippen molar-refractivity contribution in [3.63, 3.8) is 0 Å². The number of benzene rings is 2. The summed E-state index contributed by atoms with van der Waals surface area (Å²) in [6.45, 7) is 0. The molecule has 0 bridgehead atoms. The predicted molar refractivity (Wildman–Crippen MR) is 78.9 cm³/mol. The van der Waals surface area contributed by atoms with Crippen LogP contribution in [-0.4, -0.2) is 9.95 Å². The lowest BCUT2D eigenvalue weighted by molar-refractivity contribution is 0.932. The van der Waals surface area contributed by atoms with Crippen LogP contribution < -0.4 is 0 Å². The minimum atomic E-state index is 0.476. The molecule has 0 aromatic heterocycles. The van der Waals surface area contributed by atoms with Gasteiger partial charge in [0.05, 0.1) is 4.20 Å². The molecule has 1 heterocycles. The molecule has 0 nitrogen and oxygen atoms in total. The van der Waals surface area contributed by atoms with Crippen LogP contribution in [0.25, 0.3) is 0 Å². The van der Waals surface area contributed by atoms with Crippen molar-refractivity contribution in [1.29, 1.82) is 0 Å². The highest BCUT2D eigenvalue weighted by Gasteiger charge is 2.24. The van der Waals surface area contributed by atoms with Gasteiger partial charge < -0.3 is 0 Å². The van der Waals surface area contributed by atoms with Crippen LogP contribution in [0.3, 0.4) is 0 Å². The van der Waals surface area contributed by atoms with Gasteiger partial charge in [0.15, 0.2) is 0 Å². The molecule has 17 heavy (non-hydrogen) atoms. The highest BCUT2D eigenvalue weighted by molar-refractivity contribution is 8.23. The van der Waals surface area contributed by atoms with E-state index >= 15 is 0 Å². The average Bonchev–Trinajstić information content (AvgIpc) is 2.41. The van der Waals surface area contributed by atoms with Crippen molar-refractivity contribution in [3.8, 4) is 0 Å². The van der Waals surface area contributed by atoms with Gasteiger partial charge in [-0.2, -0.15) is 0 Å². The van der Waals surface area contributed by atoms with E-state index in [-0.39, 0.29) is 0 Å². The third-order valence-electron chi connectivity index (χ3n) is 3.14. The molecule has 2 aromatic carbocycles. The zero-order valence-corrected chi connectivity index (χ0v) is 10.9. The molecular formula is C15H12S2. The Kier molecular flexibility index (Phi) is 3.00. The molecule has 0 spiro atoms. The summed E-state index contributed by atoms with van der Waals surface area (Å²) in [5.74, 6) is 1.53. The molecule has 2 aromatic rings. The van der Waals surface area contributed by atoms with E-state index in [1.54, 1.807) is 11.8 Å². The molecule has 1 aliphatic heterocycles. The quantitative estimate of drug-likeness (QED) is 0.700. The lowest BCUT2D eigenvalue weighted by Gasteiger charge is -2.25. The van der Waals surface area contributed by atoms with Gasteiger partial charge >= 0.3 is 0 Å². The predicted octanol–water partition coefficient (Wildman–Crippen LogP) is 4.24. The zero-order valence-electron chi connectivity index (χ0n) is 9.30. The minimum Gasteiger partial charge on any atom is -0.113 e. The Bertz CT molecular complexity index is 546. The van der Waals surface area contributed by atoms with Crippen LogP contribution in [0.4, 0.5) is 0 Å². The fourth-order valence-corrected chi connectivity index (χ4v) is 3.70. The SMILES string of the molecule is S=C1SCC(c2ccccc2)c2ccccc21. The smallest absolute Gasteiger partial charge is 0.0781 e. The van der Waals surface area contributed by atoms with Gasteiger partial charge in [-0.25, -0.2) is 0 Å². The molecule has 0 saturated heterocycles. The van der Waals surface area contributed by atoms with E-state index < -0.39 is 0 Å². The Morgan fingerprint density at radius 2 is 1.65 bits per heavy atom. The third kappa shape index (κ3) is 2.03. The van der Waals surface area contributed by atoms with Crippen molar-refractivity contribution in [1.82, 2.24) is 0 Å². The Morgan fingerprint density at radius 1 is 0.941 bits per heavy atom. The van der Waals surface area contributed by atoms with Gasteiger partial charge in [0.1, 0.15) is 0 Å². The van der Waals surface area contributed by atoms with Crippen molar-refractivity contribution < 1.29 is 0 Å². The number of thiocarbonyl (C=S) groups is 1. The van der Waals surface area contributed by atoms with Gasteiger partial charge in [0, 0.05) is 17.2 Å². The first-order chi connectivity index (χ1) is 8.36. The second-order valence-electron chi connectivity index (χ2n) is 4.15. The van der Waals surface area contributed by atoms with E-state index in [1.807, 2.05) is 0 Å². The molecule has 0 aliphatic carbocycles. The van der Waals surface area contributed by atoms with Crippen LogP contribution in [0.15, 0.2) is 54.6 Å². The second-order valence-corrected chi connectivity index (χ2v) is 5.85. The Balaban J connectivity index is 2.10. The van der Waals surface area contributed by atoms with Crippen LogP contribution in [0.1, 0.15) is 22.6 Å². The maximum absolute atomic E-state index is 5.43. The maximum Gasteiger partial charge on any atom is 0.0781 e. The van der Waals surface area contributed by atoms with Crippen LogP contribution >= 0.6 is 24.0 Å². The average molecular weight is 256 g/mol. The molecule has 1 atom stereocenters. The van der Waals surface area contributed by atoms with Crippen molar-refractivity contribution in [2.24, 2.45) is 0 Å². The first kappa shape index (κ1) is 11.0. The van der Waals surface area contributed by atoms with E-state index in [0.29, 0.717) is 5.92 Å². The van der Waals surface area contributed by atoms with Gasteiger partial charge in [-0.05, 0) is 11.1 Å². The summed E-state index contributed by atoms with van der Waals surface area (Å²) >= 11 is 7.22. The fraction of sp³-hybridized carbons (Fsp3) is 0.133. The van der Waals surface area contributed by atoms with Gasteiger partial charge in [-0.15, -0.1) is 11.8 Å². The summed E-state index contributed by atoms with van der Waals surface area (Å²) in [6, 6.07) is 19.2. The second kappa shape index (κ2) is 4.63. The van der Waals surface area contributed by atoms with Gasteiger partial charge in [-0.3, -0.25) is 0 Å². The number of hydrogen-bond donors (Lipinski definition) is 0. The van der Waals surface area contributed by atoms with Gasteiger partial charge in [0.2, 0.25) is 0 Å². The van der Waals surface area contributed by atoms with E-state index in [0.717, 1.165) is 9.95 Å². The number of fused-ring (bicyclic) bond motifs is 1. The molecule has 84 valence electrons. The molecule has 1 unspecified atom stereocenters. The molecule has 3 rings (SSSR count). The van der Waals surface area contributed by atoms with Gasteiger partial charge in [-0.1, -0.05) is 66.8 Å². The van der Waals surface area contributed by atoms with Crippen molar-refractivity contribution in [3.05, 3.63) is 71.3 Å². The molecule has 0 fully saturated rings. The molecule has 0 saturated carbocycles. The first-order valence-corrected chi connectivity index (χ1v) is 7.06. The van der Waals surface area contributed by atoms with Gasteiger partial charge in [0.25, 0.3) is 0 Å². The molecule has 0 amide bonds. The van der Waals surface area contributed by atoms with E-state index in [1.165, 1.54) is 16.7 Å². The van der Waals surface area contributed by atoms with E-state index in [4.69, 9.17) is 12.2 Å². The van der Waals surface area contributed by atoms with Crippen LogP contribution in [0.2, 0.25) is 0 Å². The molecule has 2 heteroatoms. The minimum absolute atomic E-state index is 0.476. The molecular weight excluding hydrogens is 244 g/mol.